The van der Waals surface area contributed by atoms with Gasteiger partial charge in [0.15, 0.2) is 0 Å². The van der Waals surface area contributed by atoms with Crippen LogP contribution in [0.4, 0.5) is 9.59 Å². The first-order valence-electron chi connectivity index (χ1n) is 8.96. The molecule has 0 fully saturated rings. The number of nitrogens with zero attached hydrogens (tertiary/aromatic N) is 1. The van der Waals surface area contributed by atoms with Crippen LogP contribution in [-0.4, -0.2) is 23.5 Å². The number of rotatable bonds is 14. The molecule has 0 unspecified atom stereocenters. The largest absolute Gasteiger partial charge is 0.351 e. The summed E-state index contributed by atoms with van der Waals surface area (Å²) in [6, 6.07) is -1.52. The Bertz CT molecular complexity index is 282. The lowest BCUT2D eigenvalue weighted by atomic mass is 10.0. The van der Waals surface area contributed by atoms with Gasteiger partial charge in [-0.2, -0.15) is 0 Å². The molecule has 0 aliphatic rings. The summed E-state index contributed by atoms with van der Waals surface area (Å²) in [4.78, 5) is 22.8. The maximum Gasteiger partial charge on any atom is 0.322 e. The Hall–Kier alpha value is -1.26. The highest BCUT2D eigenvalue weighted by atomic mass is 16.2. The van der Waals surface area contributed by atoms with Crippen molar-refractivity contribution in [1.82, 2.24) is 4.90 Å². The van der Waals surface area contributed by atoms with E-state index in [9.17, 15) is 9.59 Å². The van der Waals surface area contributed by atoms with Crippen molar-refractivity contribution in [2.45, 2.75) is 90.4 Å². The van der Waals surface area contributed by atoms with E-state index in [-0.39, 0.29) is 0 Å². The second kappa shape index (κ2) is 14.7. The number of unbranched alkanes of at least 4 members (excludes halogenated alkanes) is 12. The fraction of sp³-hybridized carbons (Fsp3) is 0.882. The molecule has 5 heteroatoms. The summed E-state index contributed by atoms with van der Waals surface area (Å²) in [6.45, 7) is 2.59. The highest BCUT2D eigenvalue weighted by Gasteiger charge is 2.14. The number of nitrogens with two attached hydrogens (primary N) is 2. The van der Waals surface area contributed by atoms with Crippen LogP contribution < -0.4 is 11.5 Å². The molecular formula is C17H35N3O2. The number of hydrogen-bond acceptors (Lipinski definition) is 2. The molecule has 0 aromatic heterocycles. The van der Waals surface area contributed by atoms with Gasteiger partial charge in [-0.15, -0.1) is 0 Å². The molecule has 0 aliphatic carbocycles. The number of urea groups is 2. The van der Waals surface area contributed by atoms with Crippen molar-refractivity contribution < 1.29 is 9.59 Å². The van der Waals surface area contributed by atoms with E-state index in [1.807, 2.05) is 0 Å². The zero-order valence-corrected chi connectivity index (χ0v) is 14.3. The maximum absolute atomic E-state index is 10.9. The Morgan fingerprint density at radius 2 is 0.955 bits per heavy atom. The topological polar surface area (TPSA) is 89.4 Å². The third kappa shape index (κ3) is 12.5. The Morgan fingerprint density at radius 3 is 1.27 bits per heavy atom. The fourth-order valence-electron chi connectivity index (χ4n) is 2.62. The van der Waals surface area contributed by atoms with Gasteiger partial charge in [-0.05, 0) is 6.42 Å². The quantitative estimate of drug-likeness (QED) is 0.461. The molecular weight excluding hydrogens is 278 g/mol. The summed E-state index contributed by atoms with van der Waals surface area (Å²) in [7, 11) is 0. The Balaban J connectivity index is 3.26. The molecule has 0 saturated heterocycles. The number of carbonyl (C=O) groups is 2. The van der Waals surface area contributed by atoms with Gasteiger partial charge in [0, 0.05) is 6.54 Å². The minimum Gasteiger partial charge on any atom is -0.351 e. The minimum atomic E-state index is -0.758. The molecule has 0 heterocycles. The molecule has 0 aliphatic heterocycles. The zero-order chi connectivity index (χ0) is 16.6. The van der Waals surface area contributed by atoms with Crippen LogP contribution in [0.15, 0.2) is 0 Å². The van der Waals surface area contributed by atoms with Crippen LogP contribution in [0.2, 0.25) is 0 Å². The third-order valence-electron chi connectivity index (χ3n) is 4.02. The number of imide groups is 1. The first kappa shape index (κ1) is 20.7. The van der Waals surface area contributed by atoms with Gasteiger partial charge < -0.3 is 11.5 Å². The summed E-state index contributed by atoms with van der Waals surface area (Å²) >= 11 is 0. The molecule has 130 valence electrons. The van der Waals surface area contributed by atoms with E-state index in [1.165, 1.54) is 64.2 Å². The average Bonchev–Trinajstić information content (AvgIpc) is 2.46. The summed E-state index contributed by atoms with van der Waals surface area (Å²) in [5.41, 5.74) is 10.1. The van der Waals surface area contributed by atoms with Crippen LogP contribution in [0.5, 0.6) is 0 Å². The molecule has 0 aromatic rings. The second-order valence-electron chi connectivity index (χ2n) is 6.07. The monoisotopic (exact) mass is 313 g/mol. The average molecular weight is 313 g/mol. The van der Waals surface area contributed by atoms with E-state index in [4.69, 9.17) is 11.5 Å². The van der Waals surface area contributed by atoms with Crippen molar-refractivity contribution in [3.63, 3.8) is 0 Å². The summed E-state index contributed by atoms with van der Waals surface area (Å²) < 4.78 is 0. The Kier molecular flexibility index (Phi) is 13.8. The summed E-state index contributed by atoms with van der Waals surface area (Å²) in [6.07, 6.45) is 16.3. The summed E-state index contributed by atoms with van der Waals surface area (Å²) in [5.74, 6) is 0. The highest BCUT2D eigenvalue weighted by Crippen LogP contribution is 2.12. The smallest absolute Gasteiger partial charge is 0.322 e. The van der Waals surface area contributed by atoms with Gasteiger partial charge in [0.25, 0.3) is 0 Å². The van der Waals surface area contributed by atoms with Gasteiger partial charge >= 0.3 is 12.1 Å². The predicted octanol–water partition coefficient (Wildman–Crippen LogP) is 4.54. The van der Waals surface area contributed by atoms with Gasteiger partial charge in [-0.3, -0.25) is 0 Å². The van der Waals surface area contributed by atoms with E-state index >= 15 is 0 Å². The van der Waals surface area contributed by atoms with E-state index in [0.29, 0.717) is 6.54 Å². The highest BCUT2D eigenvalue weighted by molar-refractivity contribution is 5.91. The van der Waals surface area contributed by atoms with Crippen LogP contribution in [0.25, 0.3) is 0 Å². The van der Waals surface area contributed by atoms with Crippen LogP contribution in [0.3, 0.4) is 0 Å². The molecule has 0 spiro atoms. The lowest BCUT2D eigenvalue weighted by Gasteiger charge is -2.15. The van der Waals surface area contributed by atoms with Gasteiger partial charge in [-0.25, -0.2) is 14.5 Å². The minimum absolute atomic E-state index is 0.336. The fourth-order valence-corrected chi connectivity index (χ4v) is 2.62. The molecule has 4 N–H and O–H groups in total. The lowest BCUT2D eigenvalue weighted by Crippen LogP contribution is -2.44. The molecule has 0 aromatic carbocycles. The van der Waals surface area contributed by atoms with Crippen molar-refractivity contribution in [2.24, 2.45) is 11.5 Å². The van der Waals surface area contributed by atoms with Crippen LogP contribution in [0.1, 0.15) is 90.4 Å². The number of carbonyl (C=O) groups excluding carboxylic acids is 2. The second-order valence-corrected chi connectivity index (χ2v) is 6.07. The Morgan fingerprint density at radius 1 is 0.636 bits per heavy atom. The van der Waals surface area contributed by atoms with Crippen LogP contribution in [0, 0.1) is 0 Å². The van der Waals surface area contributed by atoms with Crippen molar-refractivity contribution in [1.29, 1.82) is 0 Å². The van der Waals surface area contributed by atoms with Gasteiger partial charge in [0.05, 0.1) is 0 Å². The predicted molar refractivity (Wildman–Crippen MR) is 91.6 cm³/mol. The standard InChI is InChI=1S/C17H35N3O2/c1-2-3-4-5-6-7-8-9-10-11-12-13-14-15-20(16(18)21)17(19)22/h2-15H2,1H3,(H2,18,21)(H2,19,22). The van der Waals surface area contributed by atoms with Gasteiger partial charge in [-0.1, -0.05) is 84.0 Å². The van der Waals surface area contributed by atoms with Crippen LogP contribution >= 0.6 is 0 Å². The lowest BCUT2D eigenvalue weighted by molar-refractivity contribution is 0.196. The molecule has 0 bridgehead atoms. The molecule has 0 saturated carbocycles. The molecule has 0 rings (SSSR count). The van der Waals surface area contributed by atoms with E-state index in [1.54, 1.807) is 0 Å². The van der Waals surface area contributed by atoms with E-state index in [2.05, 4.69) is 6.92 Å². The molecule has 5 nitrogen and oxygen atoms in total. The normalized spacial score (nSPS) is 10.6. The molecule has 22 heavy (non-hydrogen) atoms. The summed E-state index contributed by atoms with van der Waals surface area (Å²) in [5, 5.41) is 0. The van der Waals surface area contributed by atoms with Crippen molar-refractivity contribution in [3.8, 4) is 0 Å². The number of hydrogen-bond donors (Lipinski definition) is 2. The maximum atomic E-state index is 10.9. The molecule has 4 amide bonds. The van der Waals surface area contributed by atoms with Crippen LogP contribution in [-0.2, 0) is 0 Å². The first-order valence-corrected chi connectivity index (χ1v) is 8.96. The number of amides is 4. The molecule has 0 radical (unpaired) electrons. The van der Waals surface area contributed by atoms with Crippen molar-refractivity contribution in [3.05, 3.63) is 0 Å². The van der Waals surface area contributed by atoms with Gasteiger partial charge in [0.1, 0.15) is 0 Å². The number of primary amides is 2. The van der Waals surface area contributed by atoms with Gasteiger partial charge in [0.2, 0.25) is 0 Å². The van der Waals surface area contributed by atoms with Crippen molar-refractivity contribution in [2.75, 3.05) is 6.54 Å². The van der Waals surface area contributed by atoms with E-state index in [0.717, 1.165) is 24.2 Å². The Labute approximate surface area is 135 Å². The zero-order valence-electron chi connectivity index (χ0n) is 14.3. The van der Waals surface area contributed by atoms with Crippen molar-refractivity contribution >= 4 is 12.1 Å². The SMILES string of the molecule is CCCCCCCCCCCCCCCN(C(N)=O)C(N)=O. The van der Waals surface area contributed by atoms with E-state index < -0.39 is 12.1 Å². The third-order valence-corrected chi connectivity index (χ3v) is 4.02. The molecule has 0 atom stereocenters. The first-order chi connectivity index (χ1) is 10.6.